The van der Waals surface area contributed by atoms with Gasteiger partial charge in [0.2, 0.25) is 0 Å². The molecule has 0 aromatic carbocycles. The van der Waals surface area contributed by atoms with Crippen molar-refractivity contribution in [2.24, 2.45) is 0 Å². The maximum Gasteiger partial charge on any atom is 0.0371 e. The van der Waals surface area contributed by atoms with Crippen LogP contribution < -0.4 is 0 Å². The van der Waals surface area contributed by atoms with Crippen molar-refractivity contribution in [2.45, 2.75) is 20.3 Å². The van der Waals surface area contributed by atoms with Gasteiger partial charge in [0.15, 0.2) is 0 Å². The minimum absolute atomic E-state index is 0.858. The molecule has 1 aliphatic carbocycles. The van der Waals surface area contributed by atoms with E-state index < -0.39 is 0 Å². The molecular weight excluding hydrogens is 132 g/mol. The molecule has 9 heavy (non-hydrogen) atoms. The summed E-state index contributed by atoms with van der Waals surface area (Å²) in [5.41, 5.74) is 1.35. The van der Waals surface area contributed by atoms with E-state index in [1.165, 1.54) is 11.5 Å². The lowest BCUT2D eigenvalue weighted by molar-refractivity contribution is 0.983. The van der Waals surface area contributed by atoms with Crippen molar-refractivity contribution in [3.63, 3.8) is 0 Å². The first-order valence-corrected chi connectivity index (χ1v) is 3.43. The lowest BCUT2D eigenvalue weighted by atomic mass is 9.97. The molecule has 0 atom stereocenters. The maximum atomic E-state index is 5.77. The first-order valence-electron chi connectivity index (χ1n) is 3.05. The lowest BCUT2D eigenvalue weighted by Gasteiger charge is -2.11. The summed E-state index contributed by atoms with van der Waals surface area (Å²) in [4.78, 5) is 0. The van der Waals surface area contributed by atoms with Crippen LogP contribution >= 0.6 is 11.6 Å². The van der Waals surface area contributed by atoms with E-state index in [4.69, 9.17) is 11.6 Å². The molecule has 0 heterocycles. The monoisotopic (exact) mass is 141 g/mol. The molecule has 1 heteroatoms. The summed E-state index contributed by atoms with van der Waals surface area (Å²) in [5.74, 6) is 1.35. The summed E-state index contributed by atoms with van der Waals surface area (Å²) < 4.78 is 0. The smallest absolute Gasteiger partial charge is 0.0371 e. The second-order valence-corrected chi connectivity index (χ2v) is 2.98. The molecule has 49 valence electrons. The summed E-state index contributed by atoms with van der Waals surface area (Å²) >= 11 is 5.77. The van der Waals surface area contributed by atoms with Crippen molar-refractivity contribution in [2.75, 3.05) is 0 Å². The van der Waals surface area contributed by atoms with Gasteiger partial charge in [-0.15, -0.1) is 0 Å². The Hall–Kier alpha value is -0.230. The second-order valence-electron chi connectivity index (χ2n) is 2.54. The van der Waals surface area contributed by atoms with E-state index in [-0.39, 0.29) is 0 Å². The highest BCUT2D eigenvalue weighted by Crippen LogP contribution is 2.24. The van der Waals surface area contributed by atoms with Gasteiger partial charge < -0.3 is 0 Å². The molecule has 0 aromatic rings. The highest BCUT2D eigenvalue weighted by atomic mass is 35.5. The predicted molar refractivity (Wildman–Crippen MR) is 41.2 cm³/mol. The van der Waals surface area contributed by atoms with Crippen LogP contribution in [0.15, 0.2) is 22.8 Å². The Bertz CT molecular complexity index is 165. The first-order chi connectivity index (χ1) is 4.18. The van der Waals surface area contributed by atoms with Gasteiger partial charge in [0.1, 0.15) is 0 Å². The van der Waals surface area contributed by atoms with Gasteiger partial charge >= 0.3 is 0 Å². The van der Waals surface area contributed by atoms with Crippen LogP contribution in [0, 0.1) is 5.92 Å². The topological polar surface area (TPSA) is 0 Å². The van der Waals surface area contributed by atoms with Crippen molar-refractivity contribution in [1.29, 1.82) is 0 Å². The minimum atomic E-state index is 0.858. The third-order valence-electron chi connectivity index (χ3n) is 1.33. The minimum Gasteiger partial charge on any atom is -0.0847 e. The Morgan fingerprint density at radius 1 is 1.33 bits per heavy atom. The highest BCUT2D eigenvalue weighted by Gasteiger charge is 2.06. The van der Waals surface area contributed by atoms with Crippen LogP contribution in [0.3, 0.4) is 0 Å². The number of halogens is 1. The van der Waals surface area contributed by atoms with Gasteiger partial charge in [-0.1, -0.05) is 30.2 Å². The molecule has 0 N–H and O–H groups in total. The van der Waals surface area contributed by atoms with Gasteiger partial charge in [0.25, 0.3) is 0 Å². The molecule has 1 radical (unpaired) electrons. The van der Waals surface area contributed by atoms with Crippen LogP contribution in [0.5, 0.6) is 0 Å². The van der Waals surface area contributed by atoms with Crippen LogP contribution in [-0.2, 0) is 0 Å². The molecule has 0 saturated carbocycles. The summed E-state index contributed by atoms with van der Waals surface area (Å²) in [6.07, 6.45) is 5.10. The standard InChI is InChI=1S/C8H10Cl/c1-6-3-7(2)5-8(9)4-6/h4-5H,3H2,1-2H3. The Balaban J connectivity index is 2.74. The SMILES string of the molecule is C[C]1C=C(Cl)C=C(C)C1. The van der Waals surface area contributed by atoms with E-state index in [1.807, 2.05) is 12.2 Å². The number of allylic oxidation sites excluding steroid dienone is 4. The summed E-state index contributed by atoms with van der Waals surface area (Å²) in [7, 11) is 0. The normalized spacial score (nSPS) is 21.2. The van der Waals surface area contributed by atoms with Crippen LogP contribution in [0.2, 0.25) is 0 Å². The van der Waals surface area contributed by atoms with Crippen LogP contribution in [0.1, 0.15) is 20.3 Å². The van der Waals surface area contributed by atoms with E-state index in [1.54, 1.807) is 0 Å². The van der Waals surface area contributed by atoms with E-state index in [0.717, 1.165) is 11.5 Å². The summed E-state index contributed by atoms with van der Waals surface area (Å²) in [6.45, 7) is 4.19. The number of hydrogen-bond acceptors (Lipinski definition) is 0. The van der Waals surface area contributed by atoms with Gasteiger partial charge in [-0.3, -0.25) is 0 Å². The fourth-order valence-electron chi connectivity index (χ4n) is 1.05. The van der Waals surface area contributed by atoms with Crippen molar-refractivity contribution >= 4 is 11.6 Å². The molecule has 0 amide bonds. The van der Waals surface area contributed by atoms with Gasteiger partial charge in [-0.2, -0.15) is 0 Å². The second kappa shape index (κ2) is 2.57. The van der Waals surface area contributed by atoms with E-state index in [9.17, 15) is 0 Å². The number of hydrogen-bond donors (Lipinski definition) is 0. The Morgan fingerprint density at radius 2 is 2.00 bits per heavy atom. The van der Waals surface area contributed by atoms with Crippen LogP contribution in [0.4, 0.5) is 0 Å². The Kier molecular flexibility index (Phi) is 1.97. The van der Waals surface area contributed by atoms with Crippen molar-refractivity contribution in [1.82, 2.24) is 0 Å². The Morgan fingerprint density at radius 3 is 2.44 bits per heavy atom. The first kappa shape index (κ1) is 6.88. The number of rotatable bonds is 0. The molecule has 0 unspecified atom stereocenters. The summed E-state index contributed by atoms with van der Waals surface area (Å²) in [5, 5.41) is 0.858. The quantitative estimate of drug-likeness (QED) is 0.487. The largest absolute Gasteiger partial charge is 0.0847 e. The lowest BCUT2D eigenvalue weighted by Crippen LogP contribution is -1.93. The van der Waals surface area contributed by atoms with Crippen molar-refractivity contribution in [3.05, 3.63) is 28.7 Å². The molecule has 0 saturated heterocycles. The average molecular weight is 142 g/mol. The molecular formula is C8H10Cl. The van der Waals surface area contributed by atoms with Gasteiger partial charge in [-0.25, -0.2) is 0 Å². The molecule has 1 rings (SSSR count). The average Bonchev–Trinajstić information content (AvgIpc) is 1.59. The molecule has 0 nitrogen and oxygen atoms in total. The zero-order valence-corrected chi connectivity index (χ0v) is 6.50. The zero-order valence-electron chi connectivity index (χ0n) is 5.74. The van der Waals surface area contributed by atoms with Gasteiger partial charge in [-0.05, 0) is 19.4 Å². The fourth-order valence-corrected chi connectivity index (χ4v) is 1.43. The third kappa shape index (κ3) is 1.87. The molecule has 0 aromatic heterocycles. The van der Waals surface area contributed by atoms with Crippen molar-refractivity contribution in [3.8, 4) is 0 Å². The van der Waals surface area contributed by atoms with Crippen LogP contribution in [-0.4, -0.2) is 0 Å². The maximum absolute atomic E-state index is 5.77. The summed E-state index contributed by atoms with van der Waals surface area (Å²) in [6, 6.07) is 0. The molecule has 0 fully saturated rings. The van der Waals surface area contributed by atoms with Gasteiger partial charge in [0, 0.05) is 11.0 Å². The molecule has 1 aliphatic rings. The van der Waals surface area contributed by atoms with Gasteiger partial charge in [0.05, 0.1) is 0 Å². The Labute approximate surface area is 61.2 Å². The van der Waals surface area contributed by atoms with Crippen molar-refractivity contribution < 1.29 is 0 Å². The predicted octanol–water partition coefficient (Wildman–Crippen LogP) is 3.05. The fraction of sp³-hybridized carbons (Fsp3) is 0.375. The van der Waals surface area contributed by atoms with E-state index >= 15 is 0 Å². The molecule has 0 aliphatic heterocycles. The third-order valence-corrected chi connectivity index (χ3v) is 1.54. The molecule has 0 spiro atoms. The van der Waals surface area contributed by atoms with Crippen LogP contribution in [0.25, 0.3) is 0 Å². The highest BCUT2D eigenvalue weighted by molar-refractivity contribution is 6.31. The van der Waals surface area contributed by atoms with E-state index in [0.29, 0.717) is 0 Å². The van der Waals surface area contributed by atoms with E-state index in [2.05, 4.69) is 13.8 Å². The zero-order chi connectivity index (χ0) is 6.85. The molecule has 0 bridgehead atoms.